The zero-order chi connectivity index (χ0) is 57.6. The van der Waals surface area contributed by atoms with Gasteiger partial charge in [0.25, 0.3) is 0 Å². The molecule has 30 heteroatoms. The van der Waals surface area contributed by atoms with E-state index in [-0.39, 0.29) is 89.4 Å². The maximum absolute atomic E-state index is 14.1. The quantitative estimate of drug-likeness (QED) is 0.201. The Labute approximate surface area is 441 Å². The van der Waals surface area contributed by atoms with Crippen LogP contribution in [0.2, 0.25) is 0 Å². The van der Waals surface area contributed by atoms with Gasteiger partial charge in [-0.1, -0.05) is 0 Å². The number of rotatable bonds is 14. The number of methoxy groups -OCH3 is 2. The van der Waals surface area contributed by atoms with Gasteiger partial charge in [-0.3, -0.25) is 19.4 Å². The molecule has 6 aliphatic rings. The van der Waals surface area contributed by atoms with Crippen molar-refractivity contribution in [3.05, 3.63) is 47.5 Å². The lowest BCUT2D eigenvalue weighted by molar-refractivity contribution is -0.147. The second kappa shape index (κ2) is 22.4. The molecule has 0 spiro atoms. The van der Waals surface area contributed by atoms with Crippen LogP contribution in [0.25, 0.3) is 0 Å². The van der Waals surface area contributed by atoms with Gasteiger partial charge in [0.1, 0.15) is 11.1 Å². The minimum Gasteiger partial charge on any atom is -0.381 e. The van der Waals surface area contributed by atoms with Crippen LogP contribution in [0, 0.1) is 34.5 Å². The third-order valence-corrected chi connectivity index (χ3v) is 19.6. The van der Waals surface area contributed by atoms with E-state index >= 15 is 0 Å². The number of anilines is 2. The van der Waals surface area contributed by atoms with E-state index in [9.17, 15) is 89.6 Å². The maximum Gasteiger partial charge on any atom is 0.417 e. The van der Waals surface area contributed by atoms with Crippen LogP contribution in [0.15, 0.2) is 46.2 Å². The molecule has 0 radical (unpaired) electrons. The van der Waals surface area contributed by atoms with Gasteiger partial charge in [0.05, 0.1) is 80.7 Å². The van der Waals surface area contributed by atoms with E-state index < -0.39 is 136 Å². The molecule has 8 rings (SSSR count). The van der Waals surface area contributed by atoms with Crippen molar-refractivity contribution in [2.45, 2.75) is 120 Å². The number of carbonyl (C=O) groups excluding carboxylic acids is 2. The third kappa shape index (κ3) is 14.1. The molecule has 6 fully saturated rings. The number of halogens is 12. The molecule has 4 aliphatic carbocycles. The van der Waals surface area contributed by atoms with Crippen LogP contribution in [0.1, 0.15) is 62.5 Å². The van der Waals surface area contributed by atoms with Crippen molar-refractivity contribution in [1.29, 1.82) is 10.5 Å². The zero-order valence-corrected chi connectivity index (χ0v) is 43.6. The van der Waals surface area contributed by atoms with Gasteiger partial charge in [-0.05, 0) is 87.8 Å². The highest BCUT2D eigenvalue weighted by Crippen LogP contribution is 2.45. The molecular formula is C48H56F12N8O8S2. The van der Waals surface area contributed by atoms with Gasteiger partial charge >= 0.3 is 24.7 Å². The van der Waals surface area contributed by atoms with Crippen LogP contribution in [-0.2, 0) is 51.1 Å². The van der Waals surface area contributed by atoms with Crippen LogP contribution in [0.3, 0.4) is 0 Å². The van der Waals surface area contributed by atoms with Crippen molar-refractivity contribution < 1.29 is 88.6 Å². The van der Waals surface area contributed by atoms with Gasteiger partial charge < -0.3 is 29.9 Å². The second-order valence-corrected chi connectivity index (χ2v) is 24.9. The predicted octanol–water partition coefficient (Wildman–Crippen LogP) is 6.26. The maximum atomic E-state index is 14.1. The first-order chi connectivity index (χ1) is 36.2. The van der Waals surface area contributed by atoms with Crippen molar-refractivity contribution in [3.8, 4) is 12.1 Å². The normalized spacial score (nSPS) is 25.8. The molecule has 2 saturated heterocycles. The van der Waals surface area contributed by atoms with E-state index in [1.165, 1.54) is 36.2 Å². The highest BCUT2D eigenvalue weighted by atomic mass is 32.2. The van der Waals surface area contributed by atoms with Gasteiger partial charge in [-0.25, -0.2) is 16.8 Å². The van der Waals surface area contributed by atoms with Gasteiger partial charge in [0, 0.05) is 78.0 Å². The zero-order valence-electron chi connectivity index (χ0n) is 42.0. The van der Waals surface area contributed by atoms with E-state index in [2.05, 4.69) is 10.6 Å². The summed E-state index contributed by atoms with van der Waals surface area (Å²) in [5.41, 5.74) is -4.63. The predicted molar refractivity (Wildman–Crippen MR) is 253 cm³/mol. The number of hydrogen-bond acceptors (Lipinski definition) is 14. The Morgan fingerprint density at radius 1 is 0.564 bits per heavy atom. The molecule has 432 valence electrons. The minimum absolute atomic E-state index is 0.0159. The molecule has 2 aliphatic heterocycles. The highest BCUT2D eigenvalue weighted by Gasteiger charge is 2.53. The molecule has 0 bridgehead atoms. The van der Waals surface area contributed by atoms with Crippen LogP contribution in [0.4, 0.5) is 64.1 Å². The molecule has 2 aromatic carbocycles. The van der Waals surface area contributed by atoms with Crippen molar-refractivity contribution in [3.63, 3.8) is 0 Å². The molecule has 0 aromatic heterocycles. The number of nitriles is 2. The van der Waals surface area contributed by atoms with Crippen molar-refractivity contribution in [2.24, 2.45) is 11.8 Å². The van der Waals surface area contributed by atoms with Gasteiger partial charge in [-0.15, -0.1) is 0 Å². The van der Waals surface area contributed by atoms with Crippen molar-refractivity contribution in [2.75, 3.05) is 89.5 Å². The molecular weight excluding hydrogens is 1110 g/mol. The van der Waals surface area contributed by atoms with Crippen molar-refractivity contribution >= 4 is 42.9 Å². The SMILES string of the molecule is CO[C@@H]1C[C@H](S(=O)(=O)c2ccc(N3CCN(CC(F)(F)F)CC3)cc2C(F)(F)F)C[C@H]1C(=O)NC1(C#N)CC1.CO[C@H]1C[C@@H](S(=O)(=O)c2ccc(N3CCN(CC(F)(F)F)CC3)cc2C(F)(F)F)C[C@@H]1C(=O)NC1(C#N)CC1. The van der Waals surface area contributed by atoms with Crippen LogP contribution in [-0.4, -0.2) is 164 Å². The van der Waals surface area contributed by atoms with E-state index in [1.54, 1.807) is 0 Å². The standard InChI is InChI=1S/2C24H28F6N4O4S/c2*1-38-19-12-16(11-17(19)21(35)32-22(13-31)4-5-22)39(36,37)20-3-2-15(10-18(20)24(28,29)30)34-8-6-33(7-9-34)14-23(25,26)27/h2*2-3,10,16-17,19H,4-9,11-12,14H2,1H3,(H,32,35)/t2*16-,17-,19-/m10/s1. The van der Waals surface area contributed by atoms with E-state index in [1.807, 2.05) is 12.1 Å². The molecule has 2 heterocycles. The first-order valence-corrected chi connectivity index (χ1v) is 27.8. The van der Waals surface area contributed by atoms with Crippen LogP contribution < -0.4 is 20.4 Å². The van der Waals surface area contributed by atoms with Crippen LogP contribution >= 0.6 is 0 Å². The molecule has 2 aromatic rings. The summed E-state index contributed by atoms with van der Waals surface area (Å²) in [5.74, 6) is -3.06. The number of hydrogen-bond donors (Lipinski definition) is 2. The fraction of sp³-hybridized carbons (Fsp3) is 0.667. The minimum atomic E-state index is -5.03. The van der Waals surface area contributed by atoms with Gasteiger partial charge in [0.15, 0.2) is 19.7 Å². The number of amides is 2. The topological polar surface area (TPSA) is 205 Å². The summed E-state index contributed by atoms with van der Waals surface area (Å²) >= 11 is 0. The summed E-state index contributed by atoms with van der Waals surface area (Å²) in [6.45, 7) is -2.14. The summed E-state index contributed by atoms with van der Waals surface area (Å²) in [6.07, 6.45) is -19.7. The van der Waals surface area contributed by atoms with E-state index in [0.717, 1.165) is 21.9 Å². The highest BCUT2D eigenvalue weighted by molar-refractivity contribution is 7.92. The molecule has 4 saturated carbocycles. The van der Waals surface area contributed by atoms with Gasteiger partial charge in [0.2, 0.25) is 11.8 Å². The number of benzene rings is 2. The Hall–Kier alpha value is -5.14. The largest absolute Gasteiger partial charge is 0.417 e. The average Bonchev–Trinajstić information content (AvgIpc) is 4.22. The fourth-order valence-corrected chi connectivity index (χ4v) is 14.5. The number of ether oxygens (including phenoxy) is 2. The Morgan fingerprint density at radius 3 is 1.14 bits per heavy atom. The van der Waals surface area contributed by atoms with Crippen molar-refractivity contribution in [1.82, 2.24) is 20.4 Å². The summed E-state index contributed by atoms with van der Waals surface area (Å²) in [5, 5.41) is 21.0. The molecule has 16 nitrogen and oxygen atoms in total. The van der Waals surface area contributed by atoms with E-state index in [0.29, 0.717) is 37.8 Å². The third-order valence-electron chi connectivity index (χ3n) is 15.2. The number of alkyl halides is 12. The lowest BCUT2D eigenvalue weighted by atomic mass is 10.0. The summed E-state index contributed by atoms with van der Waals surface area (Å²) < 4.78 is 225. The lowest BCUT2D eigenvalue weighted by Crippen LogP contribution is -2.49. The molecule has 2 amide bonds. The molecule has 78 heavy (non-hydrogen) atoms. The second-order valence-electron chi connectivity index (χ2n) is 20.5. The summed E-state index contributed by atoms with van der Waals surface area (Å²) in [4.78, 5) is 29.0. The lowest BCUT2D eigenvalue weighted by Gasteiger charge is -2.36. The average molecular weight is 1170 g/mol. The summed E-state index contributed by atoms with van der Waals surface area (Å²) in [7, 11) is -6.58. The molecule has 6 atom stereocenters. The molecule has 2 N–H and O–H groups in total. The Morgan fingerprint density at radius 2 is 0.885 bits per heavy atom. The number of piperazine rings is 2. The van der Waals surface area contributed by atoms with Crippen LogP contribution in [0.5, 0.6) is 0 Å². The number of sulfone groups is 2. The van der Waals surface area contributed by atoms with E-state index in [4.69, 9.17) is 9.47 Å². The number of nitrogens with zero attached hydrogens (tertiary/aromatic N) is 6. The number of nitrogens with one attached hydrogen (secondary N) is 2. The smallest absolute Gasteiger partial charge is 0.381 e. The Bertz CT molecular complexity index is 2660. The Balaban J connectivity index is 0.000000226. The first kappa shape index (κ1) is 60.5. The number of carbonyl (C=O) groups is 2. The first-order valence-electron chi connectivity index (χ1n) is 24.7. The Kier molecular flexibility index (Phi) is 17.4. The fourth-order valence-electron chi connectivity index (χ4n) is 10.5. The monoisotopic (exact) mass is 1160 g/mol. The molecule has 0 unspecified atom stereocenters. The summed E-state index contributed by atoms with van der Waals surface area (Å²) in [6, 6.07) is 9.62. The van der Waals surface area contributed by atoms with Gasteiger partial charge in [-0.2, -0.15) is 63.2 Å².